The SMILES string of the molecule is Cc1cc(Cl)nc(-n2cc(C(=O)N3CCC(C(F)(F)F)CC3)c(C)n2)c1. The third kappa shape index (κ3) is 3.85. The largest absolute Gasteiger partial charge is 0.391 e. The van der Waals surface area contributed by atoms with Crippen molar-refractivity contribution in [3.05, 3.63) is 40.3 Å². The summed E-state index contributed by atoms with van der Waals surface area (Å²) in [6.45, 7) is 3.72. The molecule has 0 N–H and O–H groups in total. The molecule has 2 aromatic heterocycles. The molecule has 1 fully saturated rings. The molecule has 0 spiro atoms. The fourth-order valence-corrected chi connectivity index (χ4v) is 3.35. The van der Waals surface area contributed by atoms with Gasteiger partial charge in [0.1, 0.15) is 5.15 Å². The first kappa shape index (κ1) is 18.7. The van der Waals surface area contributed by atoms with Crippen molar-refractivity contribution >= 4 is 17.5 Å². The van der Waals surface area contributed by atoms with Gasteiger partial charge < -0.3 is 4.90 Å². The number of hydrogen-bond acceptors (Lipinski definition) is 3. The Balaban J connectivity index is 1.78. The lowest BCUT2D eigenvalue weighted by Crippen LogP contribution is -2.42. The summed E-state index contributed by atoms with van der Waals surface area (Å²) in [7, 11) is 0. The van der Waals surface area contributed by atoms with E-state index in [1.807, 2.05) is 6.92 Å². The van der Waals surface area contributed by atoms with Crippen molar-refractivity contribution in [3.8, 4) is 5.82 Å². The molecule has 5 nitrogen and oxygen atoms in total. The Hall–Kier alpha value is -2.09. The second-order valence-electron chi connectivity index (χ2n) is 6.51. The van der Waals surface area contributed by atoms with Crippen LogP contribution < -0.4 is 0 Å². The lowest BCUT2D eigenvalue weighted by Gasteiger charge is -2.32. The van der Waals surface area contributed by atoms with Crippen molar-refractivity contribution in [2.75, 3.05) is 13.1 Å². The number of carbonyl (C=O) groups excluding carboxylic acids is 1. The van der Waals surface area contributed by atoms with Gasteiger partial charge in [-0.25, -0.2) is 9.67 Å². The van der Waals surface area contributed by atoms with Gasteiger partial charge >= 0.3 is 6.18 Å². The normalized spacial score (nSPS) is 16.2. The average Bonchev–Trinajstić information content (AvgIpc) is 2.94. The Morgan fingerprint density at radius 1 is 1.23 bits per heavy atom. The second kappa shape index (κ2) is 6.90. The van der Waals surface area contributed by atoms with Crippen LogP contribution in [0.5, 0.6) is 0 Å². The zero-order valence-electron chi connectivity index (χ0n) is 14.3. The van der Waals surface area contributed by atoms with Crippen LogP contribution in [-0.4, -0.2) is 44.8 Å². The molecule has 0 atom stereocenters. The average molecular weight is 387 g/mol. The molecular formula is C17H18ClF3N4O. The number of aryl methyl sites for hydroxylation is 2. The molecule has 0 bridgehead atoms. The highest BCUT2D eigenvalue weighted by Gasteiger charge is 2.42. The van der Waals surface area contributed by atoms with E-state index in [9.17, 15) is 18.0 Å². The summed E-state index contributed by atoms with van der Waals surface area (Å²) >= 11 is 5.96. The van der Waals surface area contributed by atoms with Gasteiger partial charge in [0.2, 0.25) is 0 Å². The predicted octanol–water partition coefficient (Wildman–Crippen LogP) is 3.95. The van der Waals surface area contributed by atoms with E-state index < -0.39 is 12.1 Å². The first-order chi connectivity index (χ1) is 12.1. The third-order valence-corrected chi connectivity index (χ3v) is 4.73. The summed E-state index contributed by atoms with van der Waals surface area (Å²) in [5.41, 5.74) is 1.75. The van der Waals surface area contributed by atoms with Gasteiger partial charge in [0.05, 0.1) is 17.2 Å². The zero-order valence-corrected chi connectivity index (χ0v) is 15.1. The van der Waals surface area contributed by atoms with Gasteiger partial charge in [-0.05, 0) is 44.4 Å². The molecule has 9 heteroatoms. The van der Waals surface area contributed by atoms with Crippen molar-refractivity contribution in [1.29, 1.82) is 0 Å². The molecule has 0 saturated carbocycles. The predicted molar refractivity (Wildman–Crippen MR) is 90.5 cm³/mol. The smallest absolute Gasteiger partial charge is 0.339 e. The fraction of sp³-hybridized carbons (Fsp3) is 0.471. The molecule has 0 radical (unpaired) electrons. The van der Waals surface area contributed by atoms with Crippen LogP contribution in [0, 0.1) is 19.8 Å². The van der Waals surface area contributed by atoms with Crippen LogP contribution in [0.2, 0.25) is 5.15 Å². The molecule has 0 aromatic carbocycles. The zero-order chi connectivity index (χ0) is 19.1. The number of aromatic nitrogens is 3. The van der Waals surface area contributed by atoms with E-state index in [4.69, 9.17) is 11.6 Å². The molecule has 1 aliphatic heterocycles. The van der Waals surface area contributed by atoms with Crippen LogP contribution in [0.15, 0.2) is 18.3 Å². The maximum Gasteiger partial charge on any atom is 0.391 e. The minimum atomic E-state index is -4.20. The van der Waals surface area contributed by atoms with E-state index in [1.165, 1.54) is 9.58 Å². The van der Waals surface area contributed by atoms with Crippen LogP contribution in [0.4, 0.5) is 13.2 Å². The Labute approximate surface area is 153 Å². The lowest BCUT2D eigenvalue weighted by atomic mass is 9.96. The number of piperidine rings is 1. The van der Waals surface area contributed by atoms with Crippen molar-refractivity contribution in [3.63, 3.8) is 0 Å². The fourth-order valence-electron chi connectivity index (χ4n) is 3.09. The molecular weight excluding hydrogens is 369 g/mol. The molecule has 140 valence electrons. The monoisotopic (exact) mass is 386 g/mol. The van der Waals surface area contributed by atoms with Crippen molar-refractivity contribution in [2.24, 2.45) is 5.92 Å². The van der Waals surface area contributed by atoms with Crippen molar-refractivity contribution < 1.29 is 18.0 Å². The summed E-state index contributed by atoms with van der Waals surface area (Å²) in [4.78, 5) is 18.3. The standard InChI is InChI=1S/C17H18ClF3N4O/c1-10-7-14(18)22-15(8-10)25-9-13(11(2)23-25)16(26)24-5-3-12(4-6-24)17(19,20)21/h7-9,12H,3-6H2,1-2H3. The highest BCUT2D eigenvalue weighted by Crippen LogP contribution is 2.34. The number of halogens is 4. The topological polar surface area (TPSA) is 51.0 Å². The van der Waals surface area contributed by atoms with Gasteiger partial charge in [0.15, 0.2) is 5.82 Å². The Kier molecular flexibility index (Phi) is 4.96. The molecule has 3 rings (SSSR count). The van der Waals surface area contributed by atoms with Crippen molar-refractivity contribution in [1.82, 2.24) is 19.7 Å². The van der Waals surface area contributed by atoms with Crippen LogP contribution in [-0.2, 0) is 0 Å². The number of rotatable bonds is 2. The molecule has 26 heavy (non-hydrogen) atoms. The number of alkyl halides is 3. The third-order valence-electron chi connectivity index (χ3n) is 4.53. The van der Waals surface area contributed by atoms with Gasteiger partial charge in [-0.1, -0.05) is 11.6 Å². The first-order valence-electron chi connectivity index (χ1n) is 8.22. The van der Waals surface area contributed by atoms with Gasteiger partial charge in [-0.15, -0.1) is 0 Å². The summed E-state index contributed by atoms with van der Waals surface area (Å²) < 4.78 is 39.8. The summed E-state index contributed by atoms with van der Waals surface area (Å²) in [5.74, 6) is -1.17. The van der Waals surface area contributed by atoms with Gasteiger partial charge in [0, 0.05) is 19.3 Å². The van der Waals surface area contributed by atoms with E-state index in [2.05, 4.69) is 10.1 Å². The first-order valence-corrected chi connectivity index (χ1v) is 8.60. The molecule has 1 saturated heterocycles. The summed E-state index contributed by atoms with van der Waals surface area (Å²) in [6.07, 6.45) is -2.80. The summed E-state index contributed by atoms with van der Waals surface area (Å²) in [6, 6.07) is 3.49. The minimum Gasteiger partial charge on any atom is -0.339 e. The molecule has 0 aliphatic carbocycles. The Bertz CT molecular complexity index is 806. The molecule has 1 amide bonds. The number of likely N-dealkylation sites (tertiary alicyclic amines) is 1. The van der Waals surface area contributed by atoms with Crippen LogP contribution in [0.1, 0.15) is 34.5 Å². The minimum absolute atomic E-state index is 0.0720. The molecule has 3 heterocycles. The molecule has 0 unspecified atom stereocenters. The van der Waals surface area contributed by atoms with Gasteiger partial charge in [-0.3, -0.25) is 4.79 Å². The lowest BCUT2D eigenvalue weighted by molar-refractivity contribution is -0.183. The highest BCUT2D eigenvalue weighted by atomic mass is 35.5. The second-order valence-corrected chi connectivity index (χ2v) is 6.89. The van der Waals surface area contributed by atoms with E-state index in [-0.39, 0.29) is 31.8 Å². The van der Waals surface area contributed by atoms with E-state index in [0.717, 1.165) is 5.56 Å². The number of pyridine rings is 1. The van der Waals surface area contributed by atoms with Crippen LogP contribution in [0.25, 0.3) is 5.82 Å². The van der Waals surface area contributed by atoms with Crippen LogP contribution in [0.3, 0.4) is 0 Å². The van der Waals surface area contributed by atoms with E-state index >= 15 is 0 Å². The Morgan fingerprint density at radius 3 is 2.46 bits per heavy atom. The maximum absolute atomic E-state index is 12.8. The maximum atomic E-state index is 12.8. The van der Waals surface area contributed by atoms with E-state index in [1.54, 1.807) is 25.3 Å². The Morgan fingerprint density at radius 2 is 1.88 bits per heavy atom. The number of nitrogens with zero attached hydrogens (tertiary/aromatic N) is 4. The molecule has 2 aromatic rings. The van der Waals surface area contributed by atoms with Crippen LogP contribution >= 0.6 is 11.6 Å². The highest BCUT2D eigenvalue weighted by molar-refractivity contribution is 6.29. The number of carbonyl (C=O) groups is 1. The number of amides is 1. The van der Waals surface area contributed by atoms with Gasteiger partial charge in [0.25, 0.3) is 5.91 Å². The quantitative estimate of drug-likeness (QED) is 0.734. The van der Waals surface area contributed by atoms with Crippen molar-refractivity contribution in [2.45, 2.75) is 32.9 Å². The summed E-state index contributed by atoms with van der Waals surface area (Å²) in [5, 5.41) is 4.62. The molecule has 1 aliphatic rings. The van der Waals surface area contributed by atoms with E-state index in [0.29, 0.717) is 22.2 Å². The number of hydrogen-bond donors (Lipinski definition) is 0. The van der Waals surface area contributed by atoms with Gasteiger partial charge in [-0.2, -0.15) is 18.3 Å².